The molecule has 0 radical (unpaired) electrons. The van der Waals surface area contributed by atoms with Crippen LogP contribution in [0.2, 0.25) is 0 Å². The fourth-order valence-electron chi connectivity index (χ4n) is 3.11. The molecular weight excluding hydrogens is 316 g/mol. The van der Waals surface area contributed by atoms with Crippen molar-refractivity contribution in [2.45, 2.75) is 39.0 Å². The van der Waals surface area contributed by atoms with Crippen LogP contribution in [0.25, 0.3) is 0 Å². The molecule has 1 heterocycles. The molecule has 1 aliphatic heterocycles. The van der Waals surface area contributed by atoms with Gasteiger partial charge in [-0.05, 0) is 37.5 Å². The van der Waals surface area contributed by atoms with Crippen LogP contribution >= 0.6 is 0 Å². The van der Waals surface area contributed by atoms with Crippen LogP contribution in [0.15, 0.2) is 54.6 Å². The number of fused-ring (bicyclic) bond motifs is 1. The highest BCUT2D eigenvalue weighted by atomic mass is 16.5. The van der Waals surface area contributed by atoms with E-state index in [1.807, 2.05) is 61.5 Å². The molecule has 130 valence electrons. The van der Waals surface area contributed by atoms with Crippen molar-refractivity contribution < 1.29 is 14.3 Å². The first-order valence-corrected chi connectivity index (χ1v) is 8.44. The molecule has 1 aliphatic rings. The lowest BCUT2D eigenvalue weighted by Crippen LogP contribution is -2.49. The van der Waals surface area contributed by atoms with Gasteiger partial charge >= 0.3 is 6.09 Å². The molecule has 25 heavy (non-hydrogen) atoms. The summed E-state index contributed by atoms with van der Waals surface area (Å²) in [5.74, 6) is -0.130. The van der Waals surface area contributed by atoms with Crippen LogP contribution in [0, 0.1) is 0 Å². The van der Waals surface area contributed by atoms with Crippen LogP contribution < -0.4 is 10.2 Å². The number of carbonyl (C=O) groups excluding carboxylic acids is 2. The summed E-state index contributed by atoms with van der Waals surface area (Å²) < 4.78 is 5.19. The maximum Gasteiger partial charge on any atom is 0.408 e. The molecule has 0 saturated carbocycles. The summed E-state index contributed by atoms with van der Waals surface area (Å²) in [5.41, 5.74) is 2.98. The summed E-state index contributed by atoms with van der Waals surface area (Å²) in [6.45, 7) is 3.87. The first-order valence-electron chi connectivity index (χ1n) is 8.44. The highest BCUT2D eigenvalue weighted by Crippen LogP contribution is 2.32. The highest BCUT2D eigenvalue weighted by molar-refractivity contribution is 6.00. The van der Waals surface area contributed by atoms with E-state index in [1.54, 1.807) is 11.8 Å². The van der Waals surface area contributed by atoms with E-state index in [0.29, 0.717) is 0 Å². The van der Waals surface area contributed by atoms with Crippen LogP contribution in [0.5, 0.6) is 0 Å². The van der Waals surface area contributed by atoms with Gasteiger partial charge in [-0.1, -0.05) is 48.5 Å². The van der Waals surface area contributed by atoms with Crippen LogP contribution in [0.1, 0.15) is 25.0 Å². The van der Waals surface area contributed by atoms with Crippen molar-refractivity contribution in [1.29, 1.82) is 0 Å². The van der Waals surface area contributed by atoms with Crippen LogP contribution in [-0.2, 0) is 22.6 Å². The minimum Gasteiger partial charge on any atom is -0.445 e. The molecule has 0 fully saturated rings. The molecular formula is C20H22N2O3. The molecule has 1 N–H and O–H groups in total. The number of nitrogens with zero attached hydrogens (tertiary/aromatic N) is 1. The molecule has 1 unspecified atom stereocenters. The molecule has 2 atom stereocenters. The van der Waals surface area contributed by atoms with Gasteiger partial charge in [-0.2, -0.15) is 0 Å². The van der Waals surface area contributed by atoms with Crippen molar-refractivity contribution in [3.63, 3.8) is 0 Å². The summed E-state index contributed by atoms with van der Waals surface area (Å²) in [7, 11) is 0. The van der Waals surface area contributed by atoms with Gasteiger partial charge in [-0.3, -0.25) is 4.79 Å². The Kier molecular flexibility index (Phi) is 5.03. The lowest BCUT2D eigenvalue weighted by molar-refractivity contribution is -0.120. The Balaban J connectivity index is 1.58. The maximum atomic E-state index is 12.8. The fourth-order valence-corrected chi connectivity index (χ4v) is 3.11. The zero-order chi connectivity index (χ0) is 17.8. The van der Waals surface area contributed by atoms with Gasteiger partial charge < -0.3 is 15.0 Å². The van der Waals surface area contributed by atoms with E-state index in [-0.39, 0.29) is 18.6 Å². The average molecular weight is 338 g/mol. The van der Waals surface area contributed by atoms with E-state index in [9.17, 15) is 9.59 Å². The maximum absolute atomic E-state index is 12.8. The molecule has 0 aromatic heterocycles. The van der Waals surface area contributed by atoms with Crippen molar-refractivity contribution in [1.82, 2.24) is 5.32 Å². The number of hydrogen-bond donors (Lipinski definition) is 1. The zero-order valence-electron chi connectivity index (χ0n) is 14.4. The molecule has 3 rings (SSSR count). The van der Waals surface area contributed by atoms with Gasteiger partial charge in [0.2, 0.25) is 5.91 Å². The van der Waals surface area contributed by atoms with E-state index in [1.165, 1.54) is 0 Å². The number of amides is 2. The van der Waals surface area contributed by atoms with E-state index >= 15 is 0 Å². The van der Waals surface area contributed by atoms with Crippen molar-refractivity contribution in [2.24, 2.45) is 0 Å². The quantitative estimate of drug-likeness (QED) is 0.931. The van der Waals surface area contributed by atoms with Crippen molar-refractivity contribution >= 4 is 17.7 Å². The minimum atomic E-state index is -0.656. The molecule has 0 saturated heterocycles. The second kappa shape index (κ2) is 7.38. The molecule has 5 heteroatoms. The number of para-hydroxylation sites is 1. The van der Waals surface area contributed by atoms with Gasteiger partial charge in [-0.15, -0.1) is 0 Å². The fraction of sp³-hybridized carbons (Fsp3) is 0.300. The number of anilines is 1. The molecule has 0 spiro atoms. The van der Waals surface area contributed by atoms with E-state index in [4.69, 9.17) is 4.74 Å². The summed E-state index contributed by atoms with van der Waals surface area (Å²) in [6.07, 6.45) is 0.234. The van der Waals surface area contributed by atoms with E-state index in [2.05, 4.69) is 5.32 Å². The van der Waals surface area contributed by atoms with Crippen molar-refractivity contribution in [3.05, 3.63) is 65.7 Å². The van der Waals surface area contributed by atoms with Crippen LogP contribution in [0.4, 0.5) is 10.5 Å². The predicted octanol–water partition coefficient (Wildman–Crippen LogP) is 3.28. The average Bonchev–Trinajstić information content (AvgIpc) is 2.96. The van der Waals surface area contributed by atoms with Gasteiger partial charge in [0.1, 0.15) is 12.6 Å². The Morgan fingerprint density at radius 2 is 1.84 bits per heavy atom. The smallest absolute Gasteiger partial charge is 0.408 e. The number of carbonyl (C=O) groups is 2. The Hall–Kier alpha value is -2.82. The van der Waals surface area contributed by atoms with Crippen LogP contribution in [-0.4, -0.2) is 24.1 Å². The van der Waals surface area contributed by atoms with Crippen molar-refractivity contribution in [2.75, 3.05) is 4.90 Å². The molecule has 0 aliphatic carbocycles. The minimum absolute atomic E-state index is 0.0782. The van der Waals surface area contributed by atoms with E-state index < -0.39 is 12.1 Å². The lowest BCUT2D eigenvalue weighted by Gasteiger charge is -2.26. The second-order valence-corrected chi connectivity index (χ2v) is 6.32. The van der Waals surface area contributed by atoms with Gasteiger partial charge in [0.05, 0.1) is 0 Å². The van der Waals surface area contributed by atoms with Gasteiger partial charge in [0.15, 0.2) is 0 Å². The number of rotatable bonds is 4. The topological polar surface area (TPSA) is 58.6 Å². The Morgan fingerprint density at radius 1 is 1.16 bits per heavy atom. The third-order valence-electron chi connectivity index (χ3n) is 4.36. The van der Waals surface area contributed by atoms with Gasteiger partial charge in [0.25, 0.3) is 0 Å². The van der Waals surface area contributed by atoms with Gasteiger partial charge in [0, 0.05) is 11.7 Å². The Labute approximate surface area is 147 Å². The molecule has 2 aromatic rings. The van der Waals surface area contributed by atoms with Crippen molar-refractivity contribution in [3.8, 4) is 0 Å². The standard InChI is InChI=1S/C20H22N2O3/c1-14-12-17-10-6-7-11-18(17)22(14)19(23)15(2)21-20(24)25-13-16-8-4-3-5-9-16/h3-11,14-15H,12-13H2,1-2H3,(H,21,24)/t14?,15-/m0/s1. The normalized spacial score (nSPS) is 16.9. The lowest BCUT2D eigenvalue weighted by atomic mass is 10.1. The van der Waals surface area contributed by atoms with Gasteiger partial charge in [-0.25, -0.2) is 4.79 Å². The zero-order valence-corrected chi connectivity index (χ0v) is 14.4. The second-order valence-electron chi connectivity index (χ2n) is 6.32. The highest BCUT2D eigenvalue weighted by Gasteiger charge is 2.33. The molecule has 2 amide bonds. The van der Waals surface area contributed by atoms with Crippen LogP contribution in [0.3, 0.4) is 0 Å². The number of alkyl carbamates (subject to hydrolysis) is 1. The molecule has 0 bridgehead atoms. The Morgan fingerprint density at radius 3 is 2.60 bits per heavy atom. The number of hydrogen-bond acceptors (Lipinski definition) is 3. The number of ether oxygens (including phenoxy) is 1. The monoisotopic (exact) mass is 338 g/mol. The summed E-state index contributed by atoms with van der Waals surface area (Å²) in [4.78, 5) is 26.5. The Bertz CT molecular complexity index is 761. The first kappa shape index (κ1) is 17.0. The number of benzene rings is 2. The third kappa shape index (κ3) is 3.82. The summed E-state index contributed by atoms with van der Waals surface area (Å²) >= 11 is 0. The molecule has 2 aromatic carbocycles. The summed E-state index contributed by atoms with van der Waals surface area (Å²) in [5, 5.41) is 2.63. The third-order valence-corrected chi connectivity index (χ3v) is 4.36. The first-order chi connectivity index (χ1) is 12.1. The number of nitrogens with one attached hydrogen (secondary N) is 1. The predicted molar refractivity (Wildman–Crippen MR) is 96.3 cm³/mol. The SMILES string of the molecule is CC1Cc2ccccc2N1C(=O)[C@H](C)NC(=O)OCc1ccccc1. The molecule has 5 nitrogen and oxygen atoms in total. The summed E-state index contributed by atoms with van der Waals surface area (Å²) in [6, 6.07) is 16.7. The largest absolute Gasteiger partial charge is 0.445 e. The van der Waals surface area contributed by atoms with E-state index in [0.717, 1.165) is 23.2 Å².